The number of benzene rings is 1. The van der Waals surface area contributed by atoms with E-state index in [1.165, 1.54) is 6.07 Å². The smallest absolute Gasteiger partial charge is 0.169 e. The number of terminal acetylenes is 1. The Morgan fingerprint density at radius 2 is 2.31 bits per heavy atom. The molecule has 0 unspecified atom stereocenters. The van der Waals surface area contributed by atoms with Crippen molar-refractivity contribution in [3.05, 3.63) is 29.6 Å². The third kappa shape index (κ3) is 2.20. The van der Waals surface area contributed by atoms with Crippen molar-refractivity contribution in [2.75, 3.05) is 6.61 Å². The van der Waals surface area contributed by atoms with Gasteiger partial charge in [0.15, 0.2) is 11.6 Å². The first-order valence-corrected chi connectivity index (χ1v) is 3.83. The fourth-order valence-corrected chi connectivity index (χ4v) is 0.945. The maximum Gasteiger partial charge on any atom is 0.169 e. The monoisotopic (exact) mass is 179 g/mol. The van der Waals surface area contributed by atoms with Crippen LogP contribution in [0, 0.1) is 18.2 Å². The molecule has 13 heavy (non-hydrogen) atoms. The van der Waals surface area contributed by atoms with E-state index in [9.17, 15) is 4.39 Å². The molecule has 1 rings (SSSR count). The van der Waals surface area contributed by atoms with Crippen molar-refractivity contribution < 1.29 is 9.13 Å². The van der Waals surface area contributed by atoms with Crippen LogP contribution in [0.25, 0.3) is 0 Å². The fraction of sp³-hybridized carbons (Fsp3) is 0.200. The van der Waals surface area contributed by atoms with Crippen LogP contribution in [0.1, 0.15) is 5.56 Å². The van der Waals surface area contributed by atoms with Crippen LogP contribution in [-0.2, 0) is 6.54 Å². The molecule has 0 amide bonds. The van der Waals surface area contributed by atoms with E-state index in [2.05, 4.69) is 5.92 Å². The van der Waals surface area contributed by atoms with Crippen LogP contribution in [0.2, 0.25) is 0 Å². The molecule has 1 aromatic carbocycles. The zero-order chi connectivity index (χ0) is 9.68. The van der Waals surface area contributed by atoms with Gasteiger partial charge in [-0.2, -0.15) is 0 Å². The highest BCUT2D eigenvalue weighted by molar-refractivity contribution is 5.31. The Morgan fingerprint density at radius 3 is 2.92 bits per heavy atom. The first kappa shape index (κ1) is 9.56. The van der Waals surface area contributed by atoms with E-state index >= 15 is 0 Å². The van der Waals surface area contributed by atoms with Gasteiger partial charge in [-0.25, -0.2) is 4.39 Å². The van der Waals surface area contributed by atoms with Gasteiger partial charge in [-0.1, -0.05) is 18.1 Å². The highest BCUT2D eigenvalue weighted by Crippen LogP contribution is 2.19. The molecule has 0 aliphatic carbocycles. The summed E-state index contributed by atoms with van der Waals surface area (Å²) < 4.78 is 18.3. The van der Waals surface area contributed by atoms with Gasteiger partial charge < -0.3 is 10.5 Å². The largest absolute Gasteiger partial charge is 0.478 e. The molecule has 0 atom stereocenters. The van der Waals surface area contributed by atoms with Crippen LogP contribution in [-0.4, -0.2) is 6.61 Å². The summed E-state index contributed by atoms with van der Waals surface area (Å²) in [4.78, 5) is 0. The molecule has 68 valence electrons. The van der Waals surface area contributed by atoms with Gasteiger partial charge in [-0.05, 0) is 6.07 Å². The van der Waals surface area contributed by atoms with Gasteiger partial charge in [0.05, 0.1) is 0 Å². The van der Waals surface area contributed by atoms with E-state index in [4.69, 9.17) is 16.9 Å². The molecule has 0 aromatic heterocycles. The average molecular weight is 179 g/mol. The van der Waals surface area contributed by atoms with Gasteiger partial charge >= 0.3 is 0 Å². The molecular formula is C10H10FNO. The van der Waals surface area contributed by atoms with Crippen molar-refractivity contribution in [1.82, 2.24) is 0 Å². The molecule has 3 heteroatoms. The summed E-state index contributed by atoms with van der Waals surface area (Å²) in [6, 6.07) is 4.81. The Labute approximate surface area is 76.5 Å². The van der Waals surface area contributed by atoms with Crippen LogP contribution in [0.4, 0.5) is 4.39 Å². The maximum absolute atomic E-state index is 13.3. The minimum absolute atomic E-state index is 0.0605. The van der Waals surface area contributed by atoms with E-state index in [-0.39, 0.29) is 18.9 Å². The number of hydrogen-bond donors (Lipinski definition) is 1. The fourth-order valence-electron chi connectivity index (χ4n) is 0.945. The zero-order valence-electron chi connectivity index (χ0n) is 7.09. The Hall–Kier alpha value is -1.53. The van der Waals surface area contributed by atoms with E-state index in [1.807, 2.05) is 0 Å². The van der Waals surface area contributed by atoms with Crippen LogP contribution >= 0.6 is 0 Å². The minimum atomic E-state index is -0.430. The first-order valence-electron chi connectivity index (χ1n) is 3.83. The van der Waals surface area contributed by atoms with Crippen molar-refractivity contribution >= 4 is 0 Å². The molecule has 0 saturated carbocycles. The summed E-state index contributed by atoms with van der Waals surface area (Å²) in [5, 5.41) is 0. The molecule has 0 aliphatic heterocycles. The predicted molar refractivity (Wildman–Crippen MR) is 48.6 cm³/mol. The van der Waals surface area contributed by atoms with Crippen LogP contribution in [0.15, 0.2) is 18.2 Å². The third-order valence-electron chi connectivity index (χ3n) is 1.57. The summed E-state index contributed by atoms with van der Waals surface area (Å²) in [6.45, 7) is 0.212. The second-order valence-electron chi connectivity index (χ2n) is 2.43. The molecule has 0 fully saturated rings. The molecule has 0 saturated heterocycles. The molecular weight excluding hydrogens is 169 g/mol. The van der Waals surface area contributed by atoms with E-state index in [0.717, 1.165) is 0 Å². The topological polar surface area (TPSA) is 35.2 Å². The van der Waals surface area contributed by atoms with Crippen LogP contribution < -0.4 is 10.5 Å². The molecule has 0 aliphatic rings. The van der Waals surface area contributed by atoms with Gasteiger partial charge in [-0.3, -0.25) is 0 Å². The van der Waals surface area contributed by atoms with Crippen molar-refractivity contribution in [2.24, 2.45) is 5.73 Å². The van der Waals surface area contributed by atoms with E-state index in [0.29, 0.717) is 5.56 Å². The lowest BCUT2D eigenvalue weighted by Gasteiger charge is -2.06. The highest BCUT2D eigenvalue weighted by Gasteiger charge is 2.06. The third-order valence-corrected chi connectivity index (χ3v) is 1.57. The lowest BCUT2D eigenvalue weighted by molar-refractivity contribution is 0.346. The summed E-state index contributed by atoms with van der Waals surface area (Å²) in [5.74, 6) is 1.98. The highest BCUT2D eigenvalue weighted by atomic mass is 19.1. The molecule has 2 N–H and O–H groups in total. The van der Waals surface area contributed by atoms with Gasteiger partial charge in [0, 0.05) is 12.1 Å². The summed E-state index contributed by atoms with van der Waals surface area (Å²) in [5.41, 5.74) is 5.74. The van der Waals surface area contributed by atoms with E-state index < -0.39 is 5.82 Å². The van der Waals surface area contributed by atoms with Crippen LogP contribution in [0.5, 0.6) is 5.75 Å². The van der Waals surface area contributed by atoms with Crippen molar-refractivity contribution in [3.63, 3.8) is 0 Å². The SMILES string of the molecule is C#CCOc1cccc(CN)c1F. The number of ether oxygens (including phenoxy) is 1. The summed E-state index contributed by atoms with van der Waals surface area (Å²) in [6.07, 6.45) is 4.97. The van der Waals surface area contributed by atoms with Gasteiger partial charge in [-0.15, -0.1) is 6.42 Å². The quantitative estimate of drug-likeness (QED) is 0.710. The Bertz CT molecular complexity index is 330. The van der Waals surface area contributed by atoms with E-state index in [1.54, 1.807) is 12.1 Å². The van der Waals surface area contributed by atoms with Gasteiger partial charge in [0.2, 0.25) is 0 Å². The lowest BCUT2D eigenvalue weighted by atomic mass is 10.2. The van der Waals surface area contributed by atoms with Crippen molar-refractivity contribution in [3.8, 4) is 18.1 Å². The van der Waals surface area contributed by atoms with Crippen molar-refractivity contribution in [1.29, 1.82) is 0 Å². The Balaban J connectivity index is 2.89. The molecule has 2 nitrogen and oxygen atoms in total. The average Bonchev–Trinajstić information content (AvgIpc) is 2.16. The second-order valence-corrected chi connectivity index (χ2v) is 2.43. The summed E-state index contributed by atoms with van der Waals surface area (Å²) in [7, 11) is 0. The molecule has 0 radical (unpaired) electrons. The molecule has 1 aromatic rings. The predicted octanol–water partition coefficient (Wildman–Crippen LogP) is 1.30. The zero-order valence-corrected chi connectivity index (χ0v) is 7.09. The minimum Gasteiger partial charge on any atom is -0.478 e. The normalized spacial score (nSPS) is 9.31. The lowest BCUT2D eigenvalue weighted by Crippen LogP contribution is -2.03. The summed E-state index contributed by atoms with van der Waals surface area (Å²) >= 11 is 0. The van der Waals surface area contributed by atoms with Gasteiger partial charge in [0.25, 0.3) is 0 Å². The number of rotatable bonds is 3. The first-order chi connectivity index (χ1) is 6.29. The standard InChI is InChI=1S/C10H10FNO/c1-2-6-13-9-5-3-4-8(7-12)10(9)11/h1,3-5H,6-7,12H2. The van der Waals surface area contributed by atoms with Gasteiger partial charge in [0.1, 0.15) is 6.61 Å². The molecule has 0 heterocycles. The van der Waals surface area contributed by atoms with Crippen LogP contribution in [0.3, 0.4) is 0 Å². The van der Waals surface area contributed by atoms with Crippen molar-refractivity contribution in [2.45, 2.75) is 6.54 Å². The Kier molecular flexibility index (Phi) is 3.30. The maximum atomic E-state index is 13.3. The Morgan fingerprint density at radius 1 is 1.54 bits per heavy atom. The molecule has 0 bridgehead atoms. The molecule has 0 spiro atoms. The number of hydrogen-bond acceptors (Lipinski definition) is 2. The number of halogens is 1. The number of nitrogens with two attached hydrogens (primary N) is 1. The second kappa shape index (κ2) is 4.48.